The first kappa shape index (κ1) is 14.4. The van der Waals surface area contributed by atoms with Gasteiger partial charge in [0.1, 0.15) is 5.69 Å². The Morgan fingerprint density at radius 3 is 2.78 bits per heavy atom. The number of anilines is 1. The van der Waals surface area contributed by atoms with E-state index in [1.165, 1.54) is 0 Å². The van der Waals surface area contributed by atoms with E-state index >= 15 is 0 Å². The highest BCUT2D eigenvalue weighted by Crippen LogP contribution is 2.14. The molecule has 0 aliphatic carbocycles. The molecule has 18 heavy (non-hydrogen) atoms. The highest BCUT2D eigenvalue weighted by atomic mass is 16.5. The molecular formula is C13H21N3O2. The van der Waals surface area contributed by atoms with Gasteiger partial charge in [0.15, 0.2) is 0 Å². The Balaban J connectivity index is 2.66. The van der Waals surface area contributed by atoms with E-state index in [1.807, 2.05) is 6.07 Å². The van der Waals surface area contributed by atoms with E-state index in [4.69, 9.17) is 4.74 Å². The second-order valence-electron chi connectivity index (χ2n) is 5.05. The van der Waals surface area contributed by atoms with Crippen LogP contribution in [0, 0.1) is 0 Å². The molecule has 1 rings (SSSR count). The van der Waals surface area contributed by atoms with Crippen molar-refractivity contribution in [3.8, 4) is 0 Å². The highest BCUT2D eigenvalue weighted by Gasteiger charge is 2.12. The highest BCUT2D eigenvalue weighted by molar-refractivity contribution is 5.93. The zero-order valence-corrected chi connectivity index (χ0v) is 11.4. The molecule has 0 unspecified atom stereocenters. The molecule has 0 aliphatic rings. The molecular weight excluding hydrogens is 230 g/mol. The molecule has 1 aromatic heterocycles. The molecule has 1 amide bonds. The van der Waals surface area contributed by atoms with Crippen molar-refractivity contribution in [2.45, 2.75) is 26.3 Å². The lowest BCUT2D eigenvalue weighted by Crippen LogP contribution is -2.29. The first-order valence-corrected chi connectivity index (χ1v) is 5.94. The summed E-state index contributed by atoms with van der Waals surface area (Å²) >= 11 is 0. The number of hydrogen-bond donors (Lipinski definition) is 2. The number of ether oxygens (including phenoxy) is 1. The van der Waals surface area contributed by atoms with Gasteiger partial charge in [0, 0.05) is 31.1 Å². The molecule has 5 heteroatoms. The third-order valence-corrected chi connectivity index (χ3v) is 2.10. The molecule has 1 aromatic rings. The van der Waals surface area contributed by atoms with Crippen molar-refractivity contribution < 1.29 is 9.53 Å². The summed E-state index contributed by atoms with van der Waals surface area (Å²) in [6.45, 7) is 7.16. The third kappa shape index (κ3) is 5.14. The van der Waals surface area contributed by atoms with Crippen molar-refractivity contribution in [2.75, 3.05) is 25.6 Å². The van der Waals surface area contributed by atoms with Gasteiger partial charge in [-0.3, -0.25) is 9.78 Å². The van der Waals surface area contributed by atoms with Crippen LogP contribution in [0.2, 0.25) is 0 Å². The molecule has 0 saturated heterocycles. The molecule has 0 radical (unpaired) electrons. The number of nitrogens with one attached hydrogen (secondary N) is 2. The molecule has 1 heterocycles. The summed E-state index contributed by atoms with van der Waals surface area (Å²) < 4.78 is 4.87. The van der Waals surface area contributed by atoms with Gasteiger partial charge >= 0.3 is 0 Å². The molecule has 5 nitrogen and oxygen atoms in total. The predicted molar refractivity (Wildman–Crippen MR) is 71.8 cm³/mol. The van der Waals surface area contributed by atoms with Crippen molar-refractivity contribution >= 4 is 11.6 Å². The maximum Gasteiger partial charge on any atom is 0.270 e. The fourth-order valence-electron chi connectivity index (χ4n) is 1.42. The molecule has 0 aliphatic heterocycles. The summed E-state index contributed by atoms with van der Waals surface area (Å²) in [6.07, 6.45) is 1.62. The molecule has 0 saturated carbocycles. The third-order valence-electron chi connectivity index (χ3n) is 2.10. The Morgan fingerprint density at radius 2 is 2.17 bits per heavy atom. The number of carbonyl (C=O) groups is 1. The Labute approximate surface area is 108 Å². The van der Waals surface area contributed by atoms with Crippen LogP contribution in [0.25, 0.3) is 0 Å². The van der Waals surface area contributed by atoms with E-state index in [-0.39, 0.29) is 11.4 Å². The standard InChI is InChI=1S/C13H21N3O2/c1-13(2,3)16-10-5-6-14-11(9-10)12(17)15-7-8-18-4/h5-6,9H,7-8H2,1-4H3,(H,14,16)(H,15,17). The van der Waals surface area contributed by atoms with Crippen molar-refractivity contribution in [3.05, 3.63) is 24.0 Å². The lowest BCUT2D eigenvalue weighted by molar-refractivity contribution is 0.0932. The van der Waals surface area contributed by atoms with Gasteiger partial charge in [-0.2, -0.15) is 0 Å². The number of carbonyl (C=O) groups excluding carboxylic acids is 1. The van der Waals surface area contributed by atoms with Gasteiger partial charge in [0.05, 0.1) is 6.61 Å². The molecule has 0 atom stereocenters. The fraction of sp³-hybridized carbons (Fsp3) is 0.538. The number of hydrogen-bond acceptors (Lipinski definition) is 4. The number of amides is 1. The summed E-state index contributed by atoms with van der Waals surface area (Å²) in [7, 11) is 1.60. The minimum atomic E-state index is -0.190. The molecule has 2 N–H and O–H groups in total. The van der Waals surface area contributed by atoms with Crippen LogP contribution in [0.3, 0.4) is 0 Å². The minimum Gasteiger partial charge on any atom is -0.383 e. The fourth-order valence-corrected chi connectivity index (χ4v) is 1.42. The van der Waals surface area contributed by atoms with E-state index in [0.29, 0.717) is 18.8 Å². The SMILES string of the molecule is COCCNC(=O)c1cc(NC(C)(C)C)ccn1. The summed E-state index contributed by atoms with van der Waals surface area (Å²) in [5, 5.41) is 6.03. The zero-order valence-electron chi connectivity index (χ0n) is 11.4. The summed E-state index contributed by atoms with van der Waals surface area (Å²) in [5.74, 6) is -0.190. The number of rotatable bonds is 5. The second-order valence-corrected chi connectivity index (χ2v) is 5.05. The molecule has 0 aromatic carbocycles. The molecule has 0 fully saturated rings. The van der Waals surface area contributed by atoms with Crippen LogP contribution in [0.15, 0.2) is 18.3 Å². The van der Waals surface area contributed by atoms with Gasteiger partial charge in [0.2, 0.25) is 0 Å². The van der Waals surface area contributed by atoms with Crippen LogP contribution >= 0.6 is 0 Å². The smallest absolute Gasteiger partial charge is 0.270 e. The van der Waals surface area contributed by atoms with Crippen LogP contribution in [-0.4, -0.2) is 36.7 Å². The zero-order chi connectivity index (χ0) is 13.6. The average Bonchev–Trinajstić information content (AvgIpc) is 2.27. The van der Waals surface area contributed by atoms with Crippen LogP contribution in [0.1, 0.15) is 31.3 Å². The number of methoxy groups -OCH3 is 1. The Morgan fingerprint density at radius 1 is 1.44 bits per heavy atom. The van der Waals surface area contributed by atoms with Gasteiger partial charge in [-0.05, 0) is 32.9 Å². The van der Waals surface area contributed by atoms with Crippen LogP contribution in [0.5, 0.6) is 0 Å². The van der Waals surface area contributed by atoms with Crippen molar-refractivity contribution in [2.24, 2.45) is 0 Å². The van der Waals surface area contributed by atoms with Crippen molar-refractivity contribution in [1.29, 1.82) is 0 Å². The van der Waals surface area contributed by atoms with Gasteiger partial charge in [-0.1, -0.05) is 0 Å². The van der Waals surface area contributed by atoms with E-state index in [0.717, 1.165) is 5.69 Å². The quantitative estimate of drug-likeness (QED) is 0.781. The summed E-state index contributed by atoms with van der Waals surface area (Å²) in [6, 6.07) is 3.59. The van der Waals surface area contributed by atoms with Crippen molar-refractivity contribution in [3.63, 3.8) is 0 Å². The molecule has 0 spiro atoms. The summed E-state index contributed by atoms with van der Waals surface area (Å²) in [5.41, 5.74) is 1.24. The Hall–Kier alpha value is -1.62. The maximum absolute atomic E-state index is 11.8. The van der Waals surface area contributed by atoms with Gasteiger partial charge < -0.3 is 15.4 Å². The average molecular weight is 251 g/mol. The first-order chi connectivity index (χ1) is 8.42. The van der Waals surface area contributed by atoms with Gasteiger partial charge in [-0.15, -0.1) is 0 Å². The van der Waals surface area contributed by atoms with E-state index in [1.54, 1.807) is 19.4 Å². The largest absolute Gasteiger partial charge is 0.383 e. The Kier molecular flexibility index (Phi) is 5.09. The Bertz CT molecular complexity index is 399. The normalized spacial score (nSPS) is 11.1. The number of nitrogens with zero attached hydrogens (tertiary/aromatic N) is 1. The van der Waals surface area contributed by atoms with Crippen LogP contribution in [-0.2, 0) is 4.74 Å². The van der Waals surface area contributed by atoms with Crippen LogP contribution in [0.4, 0.5) is 5.69 Å². The first-order valence-electron chi connectivity index (χ1n) is 5.94. The monoisotopic (exact) mass is 251 g/mol. The number of pyridine rings is 1. The maximum atomic E-state index is 11.8. The lowest BCUT2D eigenvalue weighted by Gasteiger charge is -2.22. The number of aromatic nitrogens is 1. The molecule has 0 bridgehead atoms. The van der Waals surface area contributed by atoms with E-state index in [9.17, 15) is 4.79 Å². The van der Waals surface area contributed by atoms with Crippen LogP contribution < -0.4 is 10.6 Å². The van der Waals surface area contributed by atoms with Gasteiger partial charge in [0.25, 0.3) is 5.91 Å². The minimum absolute atomic E-state index is 0.0504. The van der Waals surface area contributed by atoms with E-state index < -0.39 is 0 Å². The molecule has 100 valence electrons. The predicted octanol–water partition coefficient (Wildman–Crippen LogP) is 1.67. The topological polar surface area (TPSA) is 63.2 Å². The van der Waals surface area contributed by atoms with Gasteiger partial charge in [-0.25, -0.2) is 0 Å². The van der Waals surface area contributed by atoms with E-state index in [2.05, 4.69) is 36.4 Å². The lowest BCUT2D eigenvalue weighted by atomic mass is 10.1. The van der Waals surface area contributed by atoms with Crippen molar-refractivity contribution in [1.82, 2.24) is 10.3 Å². The second kappa shape index (κ2) is 6.35. The summed E-state index contributed by atoms with van der Waals surface area (Å²) in [4.78, 5) is 15.8.